The molecule has 0 fully saturated rings. The highest BCUT2D eigenvalue weighted by atomic mass is 32.3. The SMILES string of the molecule is CCCCC1(CC)CN(c2ccc(F)cc2)c2cc(SC)c(CSC(C)(C)C(=O)OC)cc2S(O)(O)C1. The Bertz CT molecular complexity index is 1090. The van der Waals surface area contributed by atoms with Gasteiger partial charge in [0.2, 0.25) is 0 Å². The maximum Gasteiger partial charge on any atom is 0.321 e. The van der Waals surface area contributed by atoms with E-state index in [0.717, 1.165) is 47.5 Å². The minimum absolute atomic E-state index is 0.292. The molecule has 2 aromatic carbocycles. The van der Waals surface area contributed by atoms with E-state index in [0.29, 0.717) is 22.9 Å². The number of nitrogens with zero attached hydrogens (tertiary/aromatic N) is 1. The van der Waals surface area contributed by atoms with Gasteiger partial charge < -0.3 is 9.64 Å². The van der Waals surface area contributed by atoms with Crippen LogP contribution in [0.3, 0.4) is 0 Å². The van der Waals surface area contributed by atoms with E-state index < -0.39 is 15.3 Å². The summed E-state index contributed by atoms with van der Waals surface area (Å²) in [4.78, 5) is 15.9. The van der Waals surface area contributed by atoms with Crippen molar-refractivity contribution in [1.82, 2.24) is 0 Å². The van der Waals surface area contributed by atoms with Crippen molar-refractivity contribution in [1.29, 1.82) is 0 Å². The molecule has 0 amide bonds. The van der Waals surface area contributed by atoms with Crippen LogP contribution >= 0.6 is 34.1 Å². The van der Waals surface area contributed by atoms with E-state index >= 15 is 0 Å². The molecule has 37 heavy (non-hydrogen) atoms. The van der Waals surface area contributed by atoms with E-state index in [2.05, 4.69) is 18.7 Å². The molecule has 1 aliphatic heterocycles. The summed E-state index contributed by atoms with van der Waals surface area (Å²) in [6.07, 6.45) is 5.71. The average molecular weight is 570 g/mol. The van der Waals surface area contributed by atoms with Crippen molar-refractivity contribution < 1.29 is 23.0 Å². The molecular weight excluding hydrogens is 530 g/mol. The molecule has 206 valence electrons. The van der Waals surface area contributed by atoms with Gasteiger partial charge in [0.05, 0.1) is 17.7 Å². The Balaban J connectivity index is 2.17. The molecule has 3 rings (SSSR count). The maximum absolute atomic E-state index is 13.8. The quantitative estimate of drug-likeness (QED) is 0.219. The number of hydrogen-bond donors (Lipinski definition) is 2. The Morgan fingerprint density at radius 1 is 1.22 bits per heavy atom. The fourth-order valence-corrected chi connectivity index (χ4v) is 8.80. The smallest absolute Gasteiger partial charge is 0.321 e. The van der Waals surface area contributed by atoms with Crippen LogP contribution in [0, 0.1) is 11.2 Å². The standard InChI is InChI=1S/C28H40FNO4S3/c1-7-9-14-28(8-2)18-30(22-12-10-21(29)11-13-22)23-16-24(35-6)20(15-25(23)37(32,33)19-28)17-36-27(3,4)26(31)34-5/h10-13,15-16,32-33H,7-9,14,17-19H2,1-6H3. The van der Waals surface area contributed by atoms with E-state index in [1.807, 2.05) is 32.2 Å². The highest BCUT2D eigenvalue weighted by Crippen LogP contribution is 2.61. The minimum Gasteiger partial charge on any atom is -0.468 e. The van der Waals surface area contributed by atoms with E-state index in [4.69, 9.17) is 4.74 Å². The number of unbranched alkanes of at least 4 members (excludes halogenated alkanes) is 1. The van der Waals surface area contributed by atoms with Crippen molar-refractivity contribution >= 4 is 51.5 Å². The predicted molar refractivity (Wildman–Crippen MR) is 157 cm³/mol. The number of carbonyl (C=O) groups is 1. The fraction of sp³-hybridized carbons (Fsp3) is 0.536. The first-order valence-electron chi connectivity index (χ1n) is 12.6. The predicted octanol–water partition coefficient (Wildman–Crippen LogP) is 8.58. The van der Waals surface area contributed by atoms with Gasteiger partial charge in [-0.15, -0.1) is 23.5 Å². The first-order valence-corrected chi connectivity index (χ1v) is 16.6. The molecule has 0 bridgehead atoms. The van der Waals surface area contributed by atoms with Gasteiger partial charge in [-0.1, -0.05) is 26.7 Å². The molecule has 0 saturated heterocycles. The summed E-state index contributed by atoms with van der Waals surface area (Å²) in [6, 6.07) is 10.4. The number of methoxy groups -OCH3 is 1. The number of halogens is 1. The topological polar surface area (TPSA) is 70.0 Å². The van der Waals surface area contributed by atoms with Crippen LogP contribution in [-0.2, 0) is 15.3 Å². The molecule has 0 saturated carbocycles. The van der Waals surface area contributed by atoms with Crippen molar-refractivity contribution in [2.24, 2.45) is 5.41 Å². The Kier molecular flexibility index (Phi) is 9.94. The second kappa shape index (κ2) is 12.2. The van der Waals surface area contributed by atoms with E-state index in [9.17, 15) is 18.3 Å². The monoisotopic (exact) mass is 569 g/mol. The molecule has 0 aliphatic carbocycles. The molecule has 0 aromatic heterocycles. The van der Waals surface area contributed by atoms with E-state index in [-0.39, 0.29) is 17.2 Å². The zero-order valence-corrected chi connectivity index (χ0v) is 25.1. The van der Waals surface area contributed by atoms with Crippen molar-refractivity contribution in [2.75, 3.05) is 30.6 Å². The summed E-state index contributed by atoms with van der Waals surface area (Å²) >= 11 is 3.06. The van der Waals surface area contributed by atoms with Crippen LogP contribution in [0.25, 0.3) is 0 Å². The molecule has 2 aromatic rings. The van der Waals surface area contributed by atoms with Gasteiger partial charge in [-0.05, 0) is 74.9 Å². The minimum atomic E-state index is -3.13. The number of hydrogen-bond acceptors (Lipinski definition) is 7. The van der Waals surface area contributed by atoms with Crippen LogP contribution in [0.15, 0.2) is 46.2 Å². The number of anilines is 2. The van der Waals surface area contributed by atoms with Crippen LogP contribution < -0.4 is 4.90 Å². The lowest BCUT2D eigenvalue weighted by Gasteiger charge is -2.41. The molecule has 0 radical (unpaired) electrons. The summed E-state index contributed by atoms with van der Waals surface area (Å²) in [7, 11) is -1.74. The summed E-state index contributed by atoms with van der Waals surface area (Å²) < 4.78 is 41.4. The molecule has 1 atom stereocenters. The fourth-order valence-electron chi connectivity index (χ4n) is 4.85. The maximum atomic E-state index is 13.8. The van der Waals surface area contributed by atoms with E-state index in [1.165, 1.54) is 31.0 Å². The van der Waals surface area contributed by atoms with Gasteiger partial charge in [0, 0.05) is 34.0 Å². The lowest BCUT2D eigenvalue weighted by Crippen LogP contribution is -2.37. The molecule has 1 unspecified atom stereocenters. The summed E-state index contributed by atoms with van der Waals surface area (Å²) in [5.41, 5.74) is 2.23. The summed E-state index contributed by atoms with van der Waals surface area (Å²) in [5.74, 6) is 0.210. The molecule has 5 nitrogen and oxygen atoms in total. The molecule has 0 spiro atoms. The number of esters is 1. The molecule has 9 heteroatoms. The van der Waals surface area contributed by atoms with Gasteiger partial charge in [0.1, 0.15) is 10.6 Å². The third kappa shape index (κ3) is 6.79. The number of fused-ring (bicyclic) bond motifs is 1. The highest BCUT2D eigenvalue weighted by molar-refractivity contribution is 8.24. The lowest BCUT2D eigenvalue weighted by molar-refractivity contribution is -0.142. The first-order chi connectivity index (χ1) is 17.4. The molecule has 1 aliphatic rings. The van der Waals surface area contributed by atoms with Gasteiger partial charge in [0.15, 0.2) is 0 Å². The number of benzene rings is 2. The Morgan fingerprint density at radius 3 is 2.46 bits per heavy atom. The molecule has 2 N–H and O–H groups in total. The number of thioether (sulfide) groups is 2. The van der Waals surface area contributed by atoms with Crippen LogP contribution in [0.2, 0.25) is 0 Å². The molecule has 1 heterocycles. The second-order valence-corrected chi connectivity index (χ2v) is 14.8. The number of ether oxygens (including phenoxy) is 1. The Labute approximate surface area is 231 Å². The number of rotatable bonds is 10. The van der Waals surface area contributed by atoms with E-state index in [1.54, 1.807) is 23.9 Å². The lowest BCUT2D eigenvalue weighted by atomic mass is 9.81. The van der Waals surface area contributed by atoms with Gasteiger partial charge in [0.25, 0.3) is 0 Å². The van der Waals surface area contributed by atoms with Crippen molar-refractivity contribution in [3.05, 3.63) is 47.8 Å². The Morgan fingerprint density at radius 2 is 1.89 bits per heavy atom. The van der Waals surface area contributed by atoms with Crippen LogP contribution in [0.5, 0.6) is 0 Å². The first kappa shape index (κ1) is 30.2. The highest BCUT2D eigenvalue weighted by Gasteiger charge is 2.42. The van der Waals surface area contributed by atoms with Gasteiger partial charge in [-0.3, -0.25) is 13.9 Å². The van der Waals surface area contributed by atoms with Gasteiger partial charge >= 0.3 is 5.97 Å². The van der Waals surface area contributed by atoms with Crippen LogP contribution in [0.1, 0.15) is 58.9 Å². The van der Waals surface area contributed by atoms with Gasteiger partial charge in [-0.25, -0.2) is 4.39 Å². The third-order valence-electron chi connectivity index (χ3n) is 7.22. The largest absolute Gasteiger partial charge is 0.468 e. The number of carbonyl (C=O) groups excluding carboxylic acids is 1. The second-order valence-electron chi connectivity index (χ2n) is 10.3. The van der Waals surface area contributed by atoms with Crippen LogP contribution in [0.4, 0.5) is 15.8 Å². The average Bonchev–Trinajstić information content (AvgIpc) is 2.97. The molecular formula is C28H40FNO4S3. The zero-order chi connectivity index (χ0) is 27.4. The van der Waals surface area contributed by atoms with Gasteiger partial charge in [-0.2, -0.15) is 10.6 Å². The third-order valence-corrected chi connectivity index (χ3v) is 11.4. The summed E-state index contributed by atoms with van der Waals surface area (Å²) in [5, 5.41) is 0. The Hall–Kier alpha value is -1.39. The van der Waals surface area contributed by atoms with Crippen molar-refractivity contribution in [3.8, 4) is 0 Å². The zero-order valence-electron chi connectivity index (χ0n) is 22.7. The normalized spacial score (nSPS) is 20.2. The van der Waals surface area contributed by atoms with Crippen LogP contribution in [-0.4, -0.2) is 45.5 Å². The summed E-state index contributed by atoms with van der Waals surface area (Å²) in [6.45, 7) is 8.55. The van der Waals surface area contributed by atoms with Crippen molar-refractivity contribution in [3.63, 3.8) is 0 Å². The van der Waals surface area contributed by atoms with Crippen molar-refractivity contribution in [2.45, 2.75) is 73.7 Å².